The molecule has 0 saturated carbocycles. The molecule has 0 atom stereocenters. The van der Waals surface area contributed by atoms with Crippen LogP contribution in [0, 0.1) is 12.7 Å². The molecule has 0 N–H and O–H groups in total. The Balaban J connectivity index is 2.01. The van der Waals surface area contributed by atoms with Crippen molar-refractivity contribution in [2.45, 2.75) is 32.2 Å². The van der Waals surface area contributed by atoms with Gasteiger partial charge in [-0.05, 0) is 50.6 Å². The second-order valence-corrected chi connectivity index (χ2v) is 7.16. The van der Waals surface area contributed by atoms with Crippen molar-refractivity contribution in [2.75, 3.05) is 0 Å². The lowest BCUT2D eigenvalue weighted by Gasteiger charge is -2.37. The number of aromatic nitrogens is 1. The normalized spacial score (nSPS) is 17.7. The van der Waals surface area contributed by atoms with E-state index in [1.165, 1.54) is 19.9 Å². The summed E-state index contributed by atoms with van der Waals surface area (Å²) in [6.45, 7) is 4.29. The van der Waals surface area contributed by atoms with Crippen LogP contribution in [0.3, 0.4) is 0 Å². The van der Waals surface area contributed by atoms with Gasteiger partial charge in [0.1, 0.15) is 11.4 Å². The van der Waals surface area contributed by atoms with Crippen molar-refractivity contribution in [3.8, 4) is 0 Å². The van der Waals surface area contributed by atoms with Crippen LogP contribution in [0.4, 0.5) is 13.2 Å². The molecule has 1 aliphatic heterocycles. The summed E-state index contributed by atoms with van der Waals surface area (Å²) >= 11 is 0. The summed E-state index contributed by atoms with van der Waals surface area (Å²) in [5.74, 6) is -3.91. The number of para-hydroxylation sites is 1. The number of nitrogens with zero attached hydrogens (tertiary/aromatic N) is 2. The molecule has 132 valence electrons. The first-order valence-corrected chi connectivity index (χ1v) is 8.34. The van der Waals surface area contributed by atoms with E-state index in [1.54, 1.807) is 13.1 Å². The quantitative estimate of drug-likeness (QED) is 0.574. The average molecular weight is 354 g/mol. The first kappa shape index (κ1) is 16.8. The van der Waals surface area contributed by atoms with Gasteiger partial charge in [0.15, 0.2) is 0 Å². The molecule has 0 aliphatic carbocycles. The van der Waals surface area contributed by atoms with Crippen LogP contribution < -0.4 is 0 Å². The Morgan fingerprint density at radius 1 is 1.00 bits per heavy atom. The van der Waals surface area contributed by atoms with E-state index in [9.17, 15) is 13.2 Å². The third-order valence-corrected chi connectivity index (χ3v) is 4.92. The second-order valence-electron chi connectivity index (χ2n) is 7.16. The third-order valence-electron chi connectivity index (χ3n) is 4.92. The van der Waals surface area contributed by atoms with Crippen molar-refractivity contribution in [2.24, 2.45) is 4.99 Å². The zero-order chi connectivity index (χ0) is 18.7. The zero-order valence-corrected chi connectivity index (χ0v) is 14.6. The minimum atomic E-state index is -3.27. The van der Waals surface area contributed by atoms with Gasteiger partial charge in [-0.1, -0.05) is 18.2 Å². The van der Waals surface area contributed by atoms with E-state index in [2.05, 4.69) is 9.98 Å². The van der Waals surface area contributed by atoms with E-state index in [0.717, 1.165) is 17.0 Å². The van der Waals surface area contributed by atoms with Crippen LogP contribution in [0.25, 0.3) is 10.9 Å². The molecule has 2 aromatic carbocycles. The van der Waals surface area contributed by atoms with E-state index in [0.29, 0.717) is 16.8 Å². The van der Waals surface area contributed by atoms with Crippen molar-refractivity contribution in [1.29, 1.82) is 0 Å². The van der Waals surface area contributed by atoms with Gasteiger partial charge < -0.3 is 0 Å². The fraction of sp³-hybridized carbons (Fsp3) is 0.238. The standard InChI is InChI=1S/C21H17F3N2/c1-12-8-15-16(10-17(12)22)21(23,24)20(2,3)26-19(15)14-9-13-6-4-5-7-18(13)25-11-14/h4-11H,1-3H3. The molecule has 0 unspecified atom stereocenters. The van der Waals surface area contributed by atoms with Gasteiger partial charge in [-0.15, -0.1) is 0 Å². The summed E-state index contributed by atoms with van der Waals surface area (Å²) in [7, 11) is 0. The van der Waals surface area contributed by atoms with Gasteiger partial charge >= 0.3 is 0 Å². The first-order chi connectivity index (χ1) is 12.2. The maximum atomic E-state index is 14.9. The average Bonchev–Trinajstić information content (AvgIpc) is 2.60. The number of benzene rings is 2. The first-order valence-electron chi connectivity index (χ1n) is 8.34. The van der Waals surface area contributed by atoms with Crippen LogP contribution in [-0.2, 0) is 5.92 Å². The van der Waals surface area contributed by atoms with E-state index < -0.39 is 17.3 Å². The van der Waals surface area contributed by atoms with E-state index in [1.807, 2.05) is 30.3 Å². The SMILES string of the molecule is Cc1cc2c(cc1F)C(F)(F)C(C)(C)N=C2c1cnc2ccccc2c1. The van der Waals surface area contributed by atoms with Gasteiger partial charge in [-0.25, -0.2) is 4.39 Å². The predicted molar refractivity (Wildman–Crippen MR) is 96.5 cm³/mol. The fourth-order valence-electron chi connectivity index (χ4n) is 3.30. The molecule has 0 amide bonds. The summed E-state index contributed by atoms with van der Waals surface area (Å²) in [5, 5.41) is 0.892. The highest BCUT2D eigenvalue weighted by molar-refractivity contribution is 6.15. The van der Waals surface area contributed by atoms with Crippen LogP contribution in [0.15, 0.2) is 53.7 Å². The van der Waals surface area contributed by atoms with E-state index >= 15 is 0 Å². The highest BCUT2D eigenvalue weighted by Crippen LogP contribution is 2.47. The van der Waals surface area contributed by atoms with Crippen LogP contribution in [0.5, 0.6) is 0 Å². The number of halogens is 3. The molecule has 0 fully saturated rings. The largest absolute Gasteiger partial charge is 0.298 e. The summed E-state index contributed by atoms with van der Waals surface area (Å²) < 4.78 is 43.9. The Kier molecular flexibility index (Phi) is 3.48. The topological polar surface area (TPSA) is 25.2 Å². The minimum absolute atomic E-state index is 0.255. The Bertz CT molecular complexity index is 1070. The number of rotatable bonds is 1. The molecule has 26 heavy (non-hydrogen) atoms. The molecule has 1 aliphatic rings. The lowest BCUT2D eigenvalue weighted by molar-refractivity contribution is -0.0684. The smallest absolute Gasteiger partial charge is 0.271 e. The lowest BCUT2D eigenvalue weighted by atomic mass is 9.81. The number of fused-ring (bicyclic) bond motifs is 2. The molecule has 0 radical (unpaired) electrons. The van der Waals surface area contributed by atoms with Crippen molar-refractivity contribution in [3.05, 3.63) is 76.7 Å². The molecule has 0 spiro atoms. The maximum absolute atomic E-state index is 14.9. The second kappa shape index (κ2) is 5.40. The summed E-state index contributed by atoms with van der Waals surface area (Å²) in [6, 6.07) is 11.8. The monoisotopic (exact) mass is 354 g/mol. The summed E-state index contributed by atoms with van der Waals surface area (Å²) in [5.41, 5.74) is 0.405. The Labute approximate surface area is 149 Å². The molecule has 0 saturated heterocycles. The lowest BCUT2D eigenvalue weighted by Crippen LogP contribution is -2.44. The summed E-state index contributed by atoms with van der Waals surface area (Å²) in [4.78, 5) is 8.77. The maximum Gasteiger partial charge on any atom is 0.298 e. The van der Waals surface area contributed by atoms with Crippen molar-refractivity contribution in [1.82, 2.24) is 4.98 Å². The van der Waals surface area contributed by atoms with Crippen LogP contribution in [0.1, 0.15) is 36.1 Å². The number of aliphatic imine (C=N–C) groups is 1. The number of hydrogen-bond donors (Lipinski definition) is 0. The molecule has 0 bridgehead atoms. The van der Waals surface area contributed by atoms with Crippen molar-refractivity contribution < 1.29 is 13.2 Å². The number of alkyl halides is 2. The third kappa shape index (κ3) is 2.34. The van der Waals surface area contributed by atoms with Gasteiger partial charge in [0.05, 0.1) is 11.2 Å². The molecule has 2 heterocycles. The van der Waals surface area contributed by atoms with Gasteiger partial charge in [-0.3, -0.25) is 9.98 Å². The minimum Gasteiger partial charge on any atom is -0.271 e. The molecule has 2 nitrogen and oxygen atoms in total. The molecule has 5 heteroatoms. The van der Waals surface area contributed by atoms with Crippen molar-refractivity contribution in [3.63, 3.8) is 0 Å². The zero-order valence-electron chi connectivity index (χ0n) is 14.6. The molecule has 4 rings (SSSR count). The number of aryl methyl sites for hydroxylation is 1. The molecule has 3 aromatic rings. The van der Waals surface area contributed by atoms with Crippen LogP contribution >= 0.6 is 0 Å². The van der Waals surface area contributed by atoms with E-state index in [4.69, 9.17) is 0 Å². The Hall–Kier alpha value is -2.69. The van der Waals surface area contributed by atoms with Crippen LogP contribution in [0.2, 0.25) is 0 Å². The molecule has 1 aromatic heterocycles. The molecular weight excluding hydrogens is 337 g/mol. The van der Waals surface area contributed by atoms with Gasteiger partial charge in [0.2, 0.25) is 0 Å². The van der Waals surface area contributed by atoms with E-state index in [-0.39, 0.29) is 11.1 Å². The van der Waals surface area contributed by atoms with Gasteiger partial charge in [0, 0.05) is 28.3 Å². The Morgan fingerprint density at radius 3 is 2.50 bits per heavy atom. The van der Waals surface area contributed by atoms with Gasteiger partial charge in [0.25, 0.3) is 5.92 Å². The Morgan fingerprint density at radius 2 is 1.73 bits per heavy atom. The predicted octanol–water partition coefficient (Wildman–Crippen LogP) is 5.40. The number of pyridine rings is 1. The van der Waals surface area contributed by atoms with Crippen molar-refractivity contribution >= 4 is 16.6 Å². The van der Waals surface area contributed by atoms with Crippen LogP contribution in [-0.4, -0.2) is 16.2 Å². The van der Waals surface area contributed by atoms with Gasteiger partial charge in [-0.2, -0.15) is 8.78 Å². The highest BCUT2D eigenvalue weighted by Gasteiger charge is 2.53. The fourth-order valence-corrected chi connectivity index (χ4v) is 3.30. The highest BCUT2D eigenvalue weighted by atomic mass is 19.3. The molecular formula is C21H17F3N2. The number of hydrogen-bond acceptors (Lipinski definition) is 2. The summed E-state index contributed by atoms with van der Waals surface area (Å²) in [6.07, 6.45) is 1.63.